The van der Waals surface area contributed by atoms with Gasteiger partial charge in [-0.2, -0.15) is 0 Å². The zero-order valence-electron chi connectivity index (χ0n) is 13.7. The van der Waals surface area contributed by atoms with Gasteiger partial charge in [0.2, 0.25) is 0 Å². The second-order valence-electron chi connectivity index (χ2n) is 6.35. The molecule has 1 aromatic rings. The molecule has 3 atom stereocenters. The summed E-state index contributed by atoms with van der Waals surface area (Å²) in [5, 5.41) is 10.7. The van der Waals surface area contributed by atoms with Crippen LogP contribution in [0.25, 0.3) is 0 Å². The van der Waals surface area contributed by atoms with Gasteiger partial charge in [0, 0.05) is 6.54 Å². The van der Waals surface area contributed by atoms with Crippen LogP contribution in [0.4, 0.5) is 0 Å². The molecule has 0 amide bonds. The topological polar surface area (TPSA) is 23.5 Å². The van der Waals surface area contributed by atoms with Crippen molar-refractivity contribution in [3.05, 3.63) is 35.9 Å². The quantitative estimate of drug-likeness (QED) is 0.818. The highest BCUT2D eigenvalue weighted by Crippen LogP contribution is 2.40. The summed E-state index contributed by atoms with van der Waals surface area (Å²) < 4.78 is 0. The van der Waals surface area contributed by atoms with Gasteiger partial charge in [-0.05, 0) is 49.8 Å². The minimum atomic E-state index is -0.156. The van der Waals surface area contributed by atoms with Crippen LogP contribution in [0.3, 0.4) is 0 Å². The minimum Gasteiger partial charge on any atom is -0.393 e. The highest BCUT2D eigenvalue weighted by atomic mass is 16.3. The summed E-state index contributed by atoms with van der Waals surface area (Å²) >= 11 is 0. The second-order valence-corrected chi connectivity index (χ2v) is 6.35. The molecule has 0 heterocycles. The summed E-state index contributed by atoms with van der Waals surface area (Å²) in [6, 6.07) is 10.8. The van der Waals surface area contributed by atoms with E-state index in [-0.39, 0.29) is 6.10 Å². The van der Waals surface area contributed by atoms with E-state index in [0.717, 1.165) is 26.1 Å². The molecule has 0 spiro atoms. The first kappa shape index (κ1) is 16.5. The van der Waals surface area contributed by atoms with E-state index < -0.39 is 0 Å². The van der Waals surface area contributed by atoms with E-state index in [4.69, 9.17) is 0 Å². The number of aliphatic hydroxyl groups excluding tert-OH is 1. The lowest BCUT2D eigenvalue weighted by molar-refractivity contribution is 0.0550. The third-order valence-electron chi connectivity index (χ3n) is 5.18. The number of nitrogens with zero attached hydrogens (tertiary/aromatic N) is 1. The smallest absolute Gasteiger partial charge is 0.0586 e. The van der Waals surface area contributed by atoms with E-state index in [0.29, 0.717) is 11.8 Å². The van der Waals surface area contributed by atoms with Gasteiger partial charge in [-0.3, -0.25) is 0 Å². The lowest BCUT2D eigenvalue weighted by Gasteiger charge is -2.36. The molecular formula is C19H31NO. The Labute approximate surface area is 130 Å². The molecule has 1 N–H and O–H groups in total. The van der Waals surface area contributed by atoms with Crippen molar-refractivity contribution in [3.63, 3.8) is 0 Å². The van der Waals surface area contributed by atoms with Gasteiger partial charge < -0.3 is 10.0 Å². The number of hydrogen-bond acceptors (Lipinski definition) is 2. The van der Waals surface area contributed by atoms with Crippen molar-refractivity contribution in [2.75, 3.05) is 19.6 Å². The fourth-order valence-electron chi connectivity index (χ4n) is 3.80. The maximum absolute atomic E-state index is 10.7. The van der Waals surface area contributed by atoms with Crippen LogP contribution in [-0.2, 0) is 0 Å². The van der Waals surface area contributed by atoms with Crippen molar-refractivity contribution >= 4 is 0 Å². The highest BCUT2D eigenvalue weighted by Gasteiger charge is 2.31. The van der Waals surface area contributed by atoms with E-state index >= 15 is 0 Å². The fraction of sp³-hybridized carbons (Fsp3) is 0.684. The SMILES string of the molecule is CCN(CC)CCC(O)C1CCCCC1c1ccccc1. The van der Waals surface area contributed by atoms with Crippen molar-refractivity contribution in [1.29, 1.82) is 0 Å². The third kappa shape index (κ3) is 4.55. The van der Waals surface area contributed by atoms with E-state index in [9.17, 15) is 5.11 Å². The summed E-state index contributed by atoms with van der Waals surface area (Å²) in [5.74, 6) is 0.989. The molecule has 1 aromatic carbocycles. The van der Waals surface area contributed by atoms with Crippen LogP contribution in [0.2, 0.25) is 0 Å². The third-order valence-corrected chi connectivity index (χ3v) is 5.18. The van der Waals surface area contributed by atoms with Crippen molar-refractivity contribution in [2.45, 2.75) is 58.0 Å². The van der Waals surface area contributed by atoms with Crippen LogP contribution < -0.4 is 0 Å². The van der Waals surface area contributed by atoms with Crippen LogP contribution in [-0.4, -0.2) is 35.7 Å². The van der Waals surface area contributed by atoms with Gasteiger partial charge in [0.05, 0.1) is 6.10 Å². The second kappa shape index (κ2) is 8.55. The summed E-state index contributed by atoms with van der Waals surface area (Å²) in [6.07, 6.45) is 5.75. The van der Waals surface area contributed by atoms with E-state index in [2.05, 4.69) is 49.1 Å². The van der Waals surface area contributed by atoms with Crippen LogP contribution in [0, 0.1) is 5.92 Å². The van der Waals surface area contributed by atoms with Gasteiger partial charge in [-0.1, -0.05) is 57.0 Å². The maximum Gasteiger partial charge on any atom is 0.0586 e. The van der Waals surface area contributed by atoms with E-state index in [1.54, 1.807) is 0 Å². The molecule has 2 heteroatoms. The van der Waals surface area contributed by atoms with Crippen molar-refractivity contribution in [3.8, 4) is 0 Å². The lowest BCUT2D eigenvalue weighted by Crippen LogP contribution is -2.33. The van der Waals surface area contributed by atoms with Gasteiger partial charge >= 0.3 is 0 Å². The number of benzene rings is 1. The van der Waals surface area contributed by atoms with Gasteiger partial charge in [0.25, 0.3) is 0 Å². The Bertz CT molecular complexity index is 388. The van der Waals surface area contributed by atoms with E-state index in [1.165, 1.54) is 31.2 Å². The highest BCUT2D eigenvalue weighted by molar-refractivity contribution is 5.21. The molecule has 0 radical (unpaired) electrons. The molecule has 21 heavy (non-hydrogen) atoms. The molecule has 2 nitrogen and oxygen atoms in total. The zero-order valence-corrected chi connectivity index (χ0v) is 13.7. The summed E-state index contributed by atoms with van der Waals surface area (Å²) in [7, 11) is 0. The molecule has 0 saturated heterocycles. The molecule has 3 unspecified atom stereocenters. The molecule has 1 aliphatic carbocycles. The van der Waals surface area contributed by atoms with Crippen LogP contribution in [0.15, 0.2) is 30.3 Å². The number of hydrogen-bond donors (Lipinski definition) is 1. The Morgan fingerprint density at radius 1 is 1.10 bits per heavy atom. The number of rotatable bonds is 7. The Morgan fingerprint density at radius 2 is 1.76 bits per heavy atom. The average molecular weight is 289 g/mol. The van der Waals surface area contributed by atoms with Gasteiger partial charge in [-0.15, -0.1) is 0 Å². The lowest BCUT2D eigenvalue weighted by atomic mass is 9.72. The van der Waals surface area contributed by atoms with Crippen LogP contribution in [0.5, 0.6) is 0 Å². The molecule has 2 rings (SSSR count). The van der Waals surface area contributed by atoms with Crippen molar-refractivity contribution in [2.24, 2.45) is 5.92 Å². The van der Waals surface area contributed by atoms with Gasteiger partial charge in [-0.25, -0.2) is 0 Å². The molecule has 0 aromatic heterocycles. The molecule has 118 valence electrons. The number of aliphatic hydroxyl groups is 1. The largest absolute Gasteiger partial charge is 0.393 e. The predicted octanol–water partition coefficient (Wildman–Crippen LogP) is 4.05. The van der Waals surface area contributed by atoms with Crippen molar-refractivity contribution < 1.29 is 5.11 Å². The summed E-state index contributed by atoms with van der Waals surface area (Å²) in [4.78, 5) is 2.41. The molecular weight excluding hydrogens is 258 g/mol. The van der Waals surface area contributed by atoms with Crippen LogP contribution >= 0.6 is 0 Å². The molecule has 1 saturated carbocycles. The van der Waals surface area contributed by atoms with Crippen molar-refractivity contribution in [1.82, 2.24) is 4.90 Å². The first-order valence-corrected chi connectivity index (χ1v) is 8.71. The molecule has 1 fully saturated rings. The Balaban J connectivity index is 1.98. The molecule has 1 aliphatic rings. The minimum absolute atomic E-state index is 0.156. The van der Waals surface area contributed by atoms with Gasteiger partial charge in [0.15, 0.2) is 0 Å². The predicted molar refractivity (Wildman–Crippen MR) is 89.6 cm³/mol. The zero-order chi connectivity index (χ0) is 15.1. The monoisotopic (exact) mass is 289 g/mol. The molecule has 0 bridgehead atoms. The first-order chi connectivity index (χ1) is 10.3. The maximum atomic E-state index is 10.7. The Morgan fingerprint density at radius 3 is 2.43 bits per heavy atom. The summed E-state index contributed by atoms with van der Waals surface area (Å²) in [6.45, 7) is 7.57. The standard InChI is InChI=1S/C19H31NO/c1-3-20(4-2)15-14-19(21)18-13-9-8-12-17(18)16-10-6-5-7-11-16/h5-7,10-11,17-19,21H,3-4,8-9,12-15H2,1-2H3. The Kier molecular flexibility index (Phi) is 6.72. The van der Waals surface area contributed by atoms with Crippen LogP contribution in [0.1, 0.15) is 57.4 Å². The normalized spacial score (nSPS) is 24.2. The average Bonchev–Trinajstić information content (AvgIpc) is 2.56. The van der Waals surface area contributed by atoms with Gasteiger partial charge in [0.1, 0.15) is 0 Å². The Hall–Kier alpha value is -0.860. The fourth-order valence-corrected chi connectivity index (χ4v) is 3.80. The summed E-state index contributed by atoms with van der Waals surface area (Å²) in [5.41, 5.74) is 1.42. The van der Waals surface area contributed by atoms with E-state index in [1.807, 2.05) is 0 Å². The first-order valence-electron chi connectivity index (χ1n) is 8.71. The molecule has 0 aliphatic heterocycles.